The smallest absolute Gasteiger partial charge is 0.404 e. The van der Waals surface area contributed by atoms with Gasteiger partial charge in [-0.1, -0.05) is 12.1 Å². The summed E-state index contributed by atoms with van der Waals surface area (Å²) in [5.74, 6) is 0.907. The van der Waals surface area contributed by atoms with Gasteiger partial charge in [-0.25, -0.2) is 4.79 Å². The number of hydrogen-bond donors (Lipinski definition) is 6. The number of methoxy groups -OCH3 is 1. The van der Waals surface area contributed by atoms with Gasteiger partial charge in [-0.2, -0.15) is 0 Å². The lowest BCUT2D eigenvalue weighted by Crippen LogP contribution is -2.33. The molecule has 0 radical (unpaired) electrons. The third kappa shape index (κ3) is 6.80. The molecular weight excluding hydrogens is 338 g/mol. The highest BCUT2D eigenvalue weighted by atomic mass is 16.5. The van der Waals surface area contributed by atoms with Gasteiger partial charge >= 0.3 is 6.09 Å². The topological polar surface area (TPSA) is 123 Å². The standard InChI is InChI=1S/C12H17NO2.C6H12N2O3/c1-15-12-4-2-9(3-5-12)6-10-7-11(14)8-13-10;9-5-3-7-1-4(5)2-8-6(10)11/h2-5,10-11,13-14H,6-8H2,1H3;4-5,7-9H,1-3H2,(H,10,11)/t10-,11-;4-,5-/m10/s1. The fraction of sp³-hybridized carbons (Fsp3) is 0.611. The van der Waals surface area contributed by atoms with Crippen molar-refractivity contribution in [3.8, 4) is 5.75 Å². The first kappa shape index (κ1) is 20.4. The van der Waals surface area contributed by atoms with E-state index in [1.54, 1.807) is 7.11 Å². The quantitative estimate of drug-likeness (QED) is 0.426. The van der Waals surface area contributed by atoms with E-state index >= 15 is 0 Å². The zero-order valence-electron chi connectivity index (χ0n) is 15.0. The first-order chi connectivity index (χ1) is 12.5. The highest BCUT2D eigenvalue weighted by Crippen LogP contribution is 2.16. The number of rotatable bonds is 5. The molecule has 8 heteroatoms. The molecule has 6 N–H and O–H groups in total. The molecule has 146 valence electrons. The number of carbonyl (C=O) groups is 1. The van der Waals surface area contributed by atoms with Crippen LogP contribution in [-0.4, -0.2) is 73.0 Å². The Hall–Kier alpha value is -1.87. The second-order valence-corrected chi connectivity index (χ2v) is 6.72. The molecule has 0 spiro atoms. The molecule has 4 atom stereocenters. The molecule has 1 amide bonds. The first-order valence-corrected chi connectivity index (χ1v) is 8.88. The fourth-order valence-electron chi connectivity index (χ4n) is 3.15. The first-order valence-electron chi connectivity index (χ1n) is 8.88. The van der Waals surface area contributed by atoms with Crippen molar-refractivity contribution in [1.29, 1.82) is 0 Å². The van der Waals surface area contributed by atoms with Crippen LogP contribution in [0.5, 0.6) is 5.75 Å². The number of nitrogens with one attached hydrogen (secondary N) is 3. The minimum absolute atomic E-state index is 0.0195. The van der Waals surface area contributed by atoms with E-state index in [2.05, 4.69) is 28.1 Å². The van der Waals surface area contributed by atoms with Crippen LogP contribution >= 0.6 is 0 Å². The summed E-state index contributed by atoms with van der Waals surface area (Å²) in [6.07, 6.45) is 0.201. The number of amides is 1. The van der Waals surface area contributed by atoms with Gasteiger partial charge < -0.3 is 36.0 Å². The molecule has 1 aromatic rings. The predicted molar refractivity (Wildman–Crippen MR) is 97.5 cm³/mol. The van der Waals surface area contributed by atoms with Crippen LogP contribution in [0.3, 0.4) is 0 Å². The summed E-state index contributed by atoms with van der Waals surface area (Å²) in [7, 11) is 1.67. The molecule has 0 aromatic heterocycles. The lowest BCUT2D eigenvalue weighted by atomic mass is 10.0. The van der Waals surface area contributed by atoms with Crippen molar-refractivity contribution in [2.24, 2.45) is 5.92 Å². The lowest BCUT2D eigenvalue weighted by Gasteiger charge is -2.11. The van der Waals surface area contributed by atoms with E-state index in [9.17, 15) is 15.0 Å². The Morgan fingerprint density at radius 1 is 1.23 bits per heavy atom. The van der Waals surface area contributed by atoms with Crippen LogP contribution in [0.1, 0.15) is 12.0 Å². The Labute approximate surface area is 153 Å². The van der Waals surface area contributed by atoms with Gasteiger partial charge in [-0.15, -0.1) is 0 Å². The van der Waals surface area contributed by atoms with Crippen LogP contribution in [0, 0.1) is 5.92 Å². The Balaban J connectivity index is 0.000000197. The zero-order chi connectivity index (χ0) is 18.9. The molecule has 2 aliphatic heterocycles. The monoisotopic (exact) mass is 367 g/mol. The summed E-state index contributed by atoms with van der Waals surface area (Å²) in [5, 5.41) is 35.3. The maximum atomic E-state index is 10.0. The number of β-amino-alcohol motifs (C(OH)–C–C–N with tert-alkyl or cyclic N) is 2. The number of aliphatic hydroxyl groups is 2. The average Bonchev–Trinajstić information content (AvgIpc) is 3.22. The fourth-order valence-corrected chi connectivity index (χ4v) is 3.15. The van der Waals surface area contributed by atoms with E-state index in [1.807, 2.05) is 12.1 Å². The van der Waals surface area contributed by atoms with Crippen molar-refractivity contribution in [3.63, 3.8) is 0 Å². The van der Waals surface area contributed by atoms with Crippen molar-refractivity contribution < 1.29 is 24.9 Å². The summed E-state index contributed by atoms with van der Waals surface area (Å²) < 4.78 is 5.10. The molecule has 26 heavy (non-hydrogen) atoms. The van der Waals surface area contributed by atoms with Gasteiger partial charge in [0, 0.05) is 38.1 Å². The predicted octanol–water partition coefficient (Wildman–Crippen LogP) is -0.205. The van der Waals surface area contributed by atoms with Crippen LogP contribution < -0.4 is 20.7 Å². The third-order valence-electron chi connectivity index (χ3n) is 4.66. The average molecular weight is 367 g/mol. The van der Waals surface area contributed by atoms with Gasteiger partial charge in [0.15, 0.2) is 0 Å². The minimum Gasteiger partial charge on any atom is -0.497 e. The van der Waals surface area contributed by atoms with Crippen LogP contribution in [0.2, 0.25) is 0 Å². The number of carboxylic acid groups (broad SMARTS) is 1. The van der Waals surface area contributed by atoms with E-state index in [0.717, 1.165) is 25.1 Å². The van der Waals surface area contributed by atoms with Gasteiger partial charge in [-0.3, -0.25) is 0 Å². The number of benzene rings is 1. The van der Waals surface area contributed by atoms with Crippen molar-refractivity contribution >= 4 is 6.09 Å². The maximum absolute atomic E-state index is 10.0. The number of hydrogen-bond acceptors (Lipinski definition) is 6. The summed E-state index contributed by atoms with van der Waals surface area (Å²) in [6.45, 7) is 2.29. The van der Waals surface area contributed by atoms with E-state index in [1.165, 1.54) is 5.56 Å². The molecule has 0 bridgehead atoms. The molecule has 0 unspecified atom stereocenters. The summed E-state index contributed by atoms with van der Waals surface area (Å²) >= 11 is 0. The number of ether oxygens (including phenoxy) is 1. The lowest BCUT2D eigenvalue weighted by molar-refractivity contribution is 0.143. The van der Waals surface area contributed by atoms with Crippen molar-refractivity contribution in [2.45, 2.75) is 31.1 Å². The van der Waals surface area contributed by atoms with Crippen LogP contribution in [-0.2, 0) is 6.42 Å². The molecule has 0 saturated carbocycles. The van der Waals surface area contributed by atoms with E-state index in [0.29, 0.717) is 25.7 Å². The summed E-state index contributed by atoms with van der Waals surface area (Å²) in [6, 6.07) is 8.51. The maximum Gasteiger partial charge on any atom is 0.404 e. The molecule has 0 aliphatic carbocycles. The normalized spacial score (nSPS) is 27.5. The molecule has 2 saturated heterocycles. The zero-order valence-corrected chi connectivity index (χ0v) is 15.0. The van der Waals surface area contributed by atoms with Crippen molar-refractivity contribution in [2.75, 3.05) is 33.3 Å². The van der Waals surface area contributed by atoms with E-state index in [4.69, 9.17) is 9.84 Å². The molecule has 8 nitrogen and oxygen atoms in total. The second kappa shape index (κ2) is 10.3. The van der Waals surface area contributed by atoms with Gasteiger partial charge in [0.05, 0.1) is 19.3 Å². The third-order valence-corrected chi connectivity index (χ3v) is 4.66. The Kier molecular flexibility index (Phi) is 8.11. The molecule has 2 heterocycles. The van der Waals surface area contributed by atoms with Crippen LogP contribution in [0.15, 0.2) is 24.3 Å². The Bertz CT molecular complexity index is 554. The van der Waals surface area contributed by atoms with Gasteiger partial charge in [-0.05, 0) is 30.5 Å². The van der Waals surface area contributed by atoms with Gasteiger partial charge in [0.1, 0.15) is 5.75 Å². The molecule has 1 aromatic carbocycles. The second-order valence-electron chi connectivity index (χ2n) is 6.72. The molecular formula is C18H29N3O5. The molecule has 2 aliphatic rings. The highest BCUT2D eigenvalue weighted by Gasteiger charge is 2.24. The van der Waals surface area contributed by atoms with Crippen molar-refractivity contribution in [3.05, 3.63) is 29.8 Å². The Morgan fingerprint density at radius 2 is 1.96 bits per heavy atom. The van der Waals surface area contributed by atoms with Crippen molar-refractivity contribution in [1.82, 2.24) is 16.0 Å². The van der Waals surface area contributed by atoms with Gasteiger partial charge in [0.25, 0.3) is 0 Å². The van der Waals surface area contributed by atoms with E-state index < -0.39 is 12.2 Å². The van der Waals surface area contributed by atoms with E-state index in [-0.39, 0.29) is 12.0 Å². The SMILES string of the molecule is COc1ccc(C[C@@H]2C[C@@H](O)CN2)cc1.O=C(O)NC[C@@H]1CNC[C@@H]1O. The van der Waals surface area contributed by atoms with Crippen LogP contribution in [0.4, 0.5) is 4.79 Å². The minimum atomic E-state index is -1.04. The molecule has 3 rings (SSSR count). The van der Waals surface area contributed by atoms with Gasteiger partial charge in [0.2, 0.25) is 0 Å². The largest absolute Gasteiger partial charge is 0.497 e. The molecule has 2 fully saturated rings. The summed E-state index contributed by atoms with van der Waals surface area (Å²) in [5.41, 5.74) is 1.28. The summed E-state index contributed by atoms with van der Waals surface area (Å²) in [4.78, 5) is 10.0. The van der Waals surface area contributed by atoms with Crippen LogP contribution in [0.25, 0.3) is 0 Å². The number of aliphatic hydroxyl groups excluding tert-OH is 2. The Morgan fingerprint density at radius 3 is 2.46 bits per heavy atom. The highest BCUT2D eigenvalue weighted by molar-refractivity contribution is 5.64.